The van der Waals surface area contributed by atoms with E-state index in [4.69, 9.17) is 39.6 Å². The van der Waals surface area contributed by atoms with E-state index in [1.165, 1.54) is 12.1 Å². The number of halogens is 7. The van der Waals surface area contributed by atoms with Gasteiger partial charge in [0.05, 0.1) is 20.8 Å². The fourth-order valence-electron chi connectivity index (χ4n) is 3.41. The monoisotopic (exact) mass is 508 g/mol. The number of nitrogens with zero attached hydrogens (tertiary/aromatic N) is 1. The molecule has 170 valence electrons. The van der Waals surface area contributed by atoms with E-state index in [1.54, 1.807) is 0 Å². The summed E-state index contributed by atoms with van der Waals surface area (Å²) in [6, 6.07) is 5.83. The highest BCUT2D eigenvalue weighted by Gasteiger charge is 2.62. The summed E-state index contributed by atoms with van der Waals surface area (Å²) in [7, 11) is 0. The molecule has 11 heteroatoms. The molecule has 0 bridgehead atoms. The van der Waals surface area contributed by atoms with E-state index in [9.17, 15) is 22.4 Å². The van der Waals surface area contributed by atoms with Crippen molar-refractivity contribution in [1.82, 2.24) is 5.32 Å². The highest BCUT2D eigenvalue weighted by atomic mass is 35.5. The number of carbonyl (C=O) groups excluding carboxylic acids is 1. The lowest BCUT2D eigenvalue weighted by atomic mass is 9.86. The molecule has 0 radical (unpaired) electrons. The topological polar surface area (TPSA) is 50.7 Å². The molecule has 1 saturated carbocycles. The molecule has 4 nitrogen and oxygen atoms in total. The number of hydrogen-bond acceptors (Lipinski definition) is 3. The minimum atomic E-state index is -4.88. The summed E-state index contributed by atoms with van der Waals surface area (Å²) >= 11 is 17.7. The number of hydrogen-bond donors (Lipinski definition) is 1. The largest absolute Gasteiger partial charge is 0.435 e. The smallest absolute Gasteiger partial charge is 0.374 e. The number of amides is 1. The Bertz CT molecular complexity index is 1100. The van der Waals surface area contributed by atoms with Gasteiger partial charge in [-0.1, -0.05) is 46.0 Å². The molecule has 1 N–H and O–H groups in total. The van der Waals surface area contributed by atoms with E-state index >= 15 is 0 Å². The van der Waals surface area contributed by atoms with Gasteiger partial charge in [0.15, 0.2) is 0 Å². The maximum atomic E-state index is 14.2. The van der Waals surface area contributed by atoms with Crippen LogP contribution in [0.3, 0.4) is 0 Å². The van der Waals surface area contributed by atoms with Gasteiger partial charge in [-0.15, -0.1) is 0 Å². The van der Waals surface area contributed by atoms with Gasteiger partial charge < -0.3 is 10.2 Å². The Kier molecular flexibility index (Phi) is 6.07. The molecule has 0 spiro atoms. The minimum absolute atomic E-state index is 0.0423. The molecule has 1 amide bonds. The molecule has 0 aromatic heterocycles. The summed E-state index contributed by atoms with van der Waals surface area (Å²) < 4.78 is 56.7. The van der Waals surface area contributed by atoms with Crippen molar-refractivity contribution in [2.45, 2.75) is 37.6 Å². The molecule has 2 aromatic carbocycles. The van der Waals surface area contributed by atoms with Gasteiger partial charge in [-0.3, -0.25) is 4.79 Å². The first kappa shape index (κ1) is 23.1. The van der Waals surface area contributed by atoms with Crippen LogP contribution in [0, 0.1) is 11.7 Å². The average Bonchev–Trinajstić information content (AvgIpc) is 3.48. The lowest BCUT2D eigenvalue weighted by Gasteiger charge is -2.30. The van der Waals surface area contributed by atoms with Crippen LogP contribution in [0.4, 0.5) is 17.6 Å². The van der Waals surface area contributed by atoms with Crippen molar-refractivity contribution >= 4 is 46.4 Å². The number of oxime groups is 1. The van der Waals surface area contributed by atoms with Crippen molar-refractivity contribution in [3.05, 3.63) is 67.9 Å². The molecular formula is C21H15Cl3F4N2O2. The van der Waals surface area contributed by atoms with Gasteiger partial charge in [0.1, 0.15) is 5.82 Å². The van der Waals surface area contributed by atoms with Crippen LogP contribution in [-0.2, 0) is 21.8 Å². The van der Waals surface area contributed by atoms with Crippen LogP contribution in [0.1, 0.15) is 36.0 Å². The summed E-state index contributed by atoms with van der Waals surface area (Å²) in [6.45, 7) is -0.0873. The van der Waals surface area contributed by atoms with Crippen molar-refractivity contribution in [1.29, 1.82) is 0 Å². The fraction of sp³-hybridized carbons (Fsp3) is 0.333. The standard InChI is InChI=1S/C21H15Cl3F4N2O2/c22-14-6-13(7-15(23)18(14)24)20(21(26,27)28)8-17(30-32-20)11-3-4-16(25)12(5-11)9-29-19(31)10-1-2-10/h3-7,10H,1-2,8-9H2,(H,29,31). The van der Waals surface area contributed by atoms with Crippen molar-refractivity contribution in [2.24, 2.45) is 11.1 Å². The Morgan fingerprint density at radius 1 is 1.16 bits per heavy atom. The van der Waals surface area contributed by atoms with Crippen molar-refractivity contribution in [2.75, 3.05) is 0 Å². The Morgan fingerprint density at radius 2 is 1.81 bits per heavy atom. The second-order valence-corrected chi connectivity index (χ2v) is 8.88. The first-order chi connectivity index (χ1) is 15.0. The van der Waals surface area contributed by atoms with Crippen LogP contribution >= 0.6 is 34.8 Å². The van der Waals surface area contributed by atoms with Crippen LogP contribution < -0.4 is 5.32 Å². The summed E-state index contributed by atoms with van der Waals surface area (Å²) in [5.74, 6) is -0.828. The predicted molar refractivity (Wildman–Crippen MR) is 112 cm³/mol. The zero-order valence-electron chi connectivity index (χ0n) is 16.2. The van der Waals surface area contributed by atoms with E-state index < -0.39 is 24.0 Å². The normalized spacial score (nSPS) is 20.7. The lowest BCUT2D eigenvalue weighted by molar-refractivity contribution is -0.275. The highest BCUT2D eigenvalue weighted by molar-refractivity contribution is 6.48. The Labute approximate surface area is 195 Å². The van der Waals surface area contributed by atoms with Crippen LogP contribution in [0.2, 0.25) is 15.1 Å². The SMILES string of the molecule is O=C(NCc1cc(C2=NOC(c3cc(Cl)c(Cl)c(Cl)c3)(C(F)(F)F)C2)ccc1F)C1CC1. The second-order valence-electron chi connectivity index (χ2n) is 7.68. The quantitative estimate of drug-likeness (QED) is 0.375. The predicted octanol–water partition coefficient (Wildman–Crippen LogP) is 6.39. The number of alkyl halides is 3. The van der Waals surface area contributed by atoms with Gasteiger partial charge in [-0.25, -0.2) is 4.39 Å². The van der Waals surface area contributed by atoms with Gasteiger partial charge in [0.2, 0.25) is 5.91 Å². The van der Waals surface area contributed by atoms with Gasteiger partial charge in [0, 0.05) is 35.6 Å². The van der Waals surface area contributed by atoms with Gasteiger partial charge in [-0.2, -0.15) is 13.2 Å². The lowest BCUT2D eigenvalue weighted by Crippen LogP contribution is -2.42. The van der Waals surface area contributed by atoms with Crippen molar-refractivity contribution < 1.29 is 27.2 Å². The zero-order valence-corrected chi connectivity index (χ0v) is 18.5. The van der Waals surface area contributed by atoms with E-state index in [1.807, 2.05) is 0 Å². The van der Waals surface area contributed by atoms with Gasteiger partial charge in [-0.05, 0) is 37.1 Å². The number of carbonyl (C=O) groups is 1. The van der Waals surface area contributed by atoms with Gasteiger partial charge >= 0.3 is 6.18 Å². The summed E-state index contributed by atoms with van der Waals surface area (Å²) in [6.07, 6.45) is -3.98. The Balaban J connectivity index is 1.62. The summed E-state index contributed by atoms with van der Waals surface area (Å²) in [5.41, 5.74) is -2.88. The molecule has 1 aliphatic heterocycles. The fourth-order valence-corrected chi connectivity index (χ4v) is 4.01. The Morgan fingerprint density at radius 3 is 2.41 bits per heavy atom. The number of benzene rings is 2. The molecule has 1 aliphatic carbocycles. The molecule has 2 aromatic rings. The summed E-state index contributed by atoms with van der Waals surface area (Å²) in [4.78, 5) is 16.8. The average molecular weight is 510 g/mol. The van der Waals surface area contributed by atoms with Gasteiger partial charge in [0.25, 0.3) is 5.60 Å². The molecule has 1 unspecified atom stereocenters. The van der Waals surface area contributed by atoms with Crippen LogP contribution in [0.15, 0.2) is 35.5 Å². The third-order valence-electron chi connectivity index (χ3n) is 5.42. The molecule has 1 fully saturated rings. The molecule has 1 atom stereocenters. The molecule has 4 rings (SSSR count). The van der Waals surface area contributed by atoms with Crippen LogP contribution in [0.5, 0.6) is 0 Å². The highest BCUT2D eigenvalue weighted by Crippen LogP contribution is 2.50. The molecule has 2 aliphatic rings. The second kappa shape index (κ2) is 8.39. The van der Waals surface area contributed by atoms with Crippen molar-refractivity contribution in [3.8, 4) is 0 Å². The molecular weight excluding hydrogens is 495 g/mol. The zero-order chi connectivity index (χ0) is 23.3. The first-order valence-corrected chi connectivity index (χ1v) is 10.7. The summed E-state index contributed by atoms with van der Waals surface area (Å²) in [5, 5.41) is 5.89. The Hall–Kier alpha value is -2.03. The third-order valence-corrected chi connectivity index (χ3v) is 6.61. The molecule has 1 heterocycles. The minimum Gasteiger partial charge on any atom is -0.374 e. The third kappa shape index (κ3) is 4.28. The maximum absolute atomic E-state index is 14.2. The maximum Gasteiger partial charge on any atom is 0.435 e. The number of nitrogens with one attached hydrogen (secondary N) is 1. The first-order valence-electron chi connectivity index (χ1n) is 9.55. The van der Waals surface area contributed by atoms with E-state index in [2.05, 4.69) is 10.5 Å². The van der Waals surface area contributed by atoms with E-state index in [0.717, 1.165) is 31.0 Å². The van der Waals surface area contributed by atoms with E-state index in [0.29, 0.717) is 0 Å². The number of rotatable bonds is 5. The molecule has 0 saturated heterocycles. The van der Waals surface area contributed by atoms with E-state index in [-0.39, 0.29) is 55.8 Å². The van der Waals surface area contributed by atoms with Crippen LogP contribution in [-0.4, -0.2) is 17.8 Å². The van der Waals surface area contributed by atoms with Crippen LogP contribution in [0.25, 0.3) is 0 Å². The molecule has 32 heavy (non-hydrogen) atoms. The van der Waals surface area contributed by atoms with Crippen molar-refractivity contribution in [3.63, 3.8) is 0 Å².